The molecule has 0 fully saturated rings. The largest absolute Gasteiger partial charge is 0.496 e. The minimum atomic E-state index is -0.201. The van der Waals surface area contributed by atoms with Gasteiger partial charge in [-0.1, -0.05) is 30.3 Å². The minimum Gasteiger partial charge on any atom is -0.496 e. The molecule has 0 aromatic heterocycles. The average molecular weight is 277 g/mol. The van der Waals surface area contributed by atoms with Gasteiger partial charge in [0, 0.05) is 22.8 Å². The first-order valence-electron chi connectivity index (χ1n) is 5.98. The first kappa shape index (κ1) is 13.9. The van der Waals surface area contributed by atoms with Crippen LogP contribution in [-0.2, 0) is 12.3 Å². The highest BCUT2D eigenvalue weighted by Crippen LogP contribution is 2.32. The number of ether oxygens (including phenoxy) is 1. The van der Waals surface area contributed by atoms with E-state index in [-0.39, 0.29) is 12.4 Å². The summed E-state index contributed by atoms with van der Waals surface area (Å²) in [5, 5.41) is 0. The fourth-order valence-corrected chi connectivity index (χ4v) is 2.80. The fraction of sp³-hybridized carbons (Fsp3) is 0.200. The summed E-state index contributed by atoms with van der Waals surface area (Å²) >= 11 is 1.55. The predicted molar refractivity (Wildman–Crippen MR) is 76.8 cm³/mol. The van der Waals surface area contributed by atoms with Crippen LogP contribution in [0.5, 0.6) is 5.75 Å². The van der Waals surface area contributed by atoms with Gasteiger partial charge in [0.2, 0.25) is 0 Å². The molecule has 2 aromatic rings. The van der Waals surface area contributed by atoms with Gasteiger partial charge in [-0.25, -0.2) is 4.39 Å². The third-order valence-electron chi connectivity index (χ3n) is 2.83. The Morgan fingerprint density at radius 3 is 2.58 bits per heavy atom. The molecule has 2 nitrogen and oxygen atoms in total. The summed E-state index contributed by atoms with van der Waals surface area (Å²) in [7, 11) is 1.63. The second-order valence-electron chi connectivity index (χ2n) is 4.03. The molecule has 0 radical (unpaired) electrons. The third kappa shape index (κ3) is 3.28. The number of nitrogens with two attached hydrogens (primary N) is 1. The lowest BCUT2D eigenvalue weighted by atomic mass is 10.1. The summed E-state index contributed by atoms with van der Waals surface area (Å²) < 4.78 is 19.3. The van der Waals surface area contributed by atoms with E-state index in [9.17, 15) is 4.39 Å². The number of rotatable bonds is 5. The Kier molecular flexibility index (Phi) is 4.82. The van der Waals surface area contributed by atoms with Crippen molar-refractivity contribution < 1.29 is 9.13 Å². The van der Waals surface area contributed by atoms with E-state index >= 15 is 0 Å². The van der Waals surface area contributed by atoms with E-state index in [0.29, 0.717) is 16.9 Å². The maximum atomic E-state index is 14.0. The zero-order valence-corrected chi connectivity index (χ0v) is 11.5. The zero-order chi connectivity index (χ0) is 13.7. The second kappa shape index (κ2) is 6.59. The molecule has 0 spiro atoms. The van der Waals surface area contributed by atoms with Crippen molar-refractivity contribution in [3.63, 3.8) is 0 Å². The predicted octanol–water partition coefficient (Wildman–Crippen LogP) is 3.59. The molecule has 0 aliphatic heterocycles. The maximum absolute atomic E-state index is 14.0. The number of para-hydroxylation sites is 1. The van der Waals surface area contributed by atoms with Gasteiger partial charge in [0.25, 0.3) is 0 Å². The molecule has 0 aliphatic carbocycles. The van der Waals surface area contributed by atoms with Gasteiger partial charge < -0.3 is 10.5 Å². The maximum Gasteiger partial charge on any atom is 0.132 e. The number of hydrogen-bond donors (Lipinski definition) is 1. The number of methoxy groups -OCH3 is 1. The molecule has 2 rings (SSSR count). The van der Waals surface area contributed by atoms with Crippen LogP contribution in [0.2, 0.25) is 0 Å². The summed E-state index contributed by atoms with van der Waals surface area (Å²) in [6, 6.07) is 13.1. The van der Waals surface area contributed by atoms with Crippen LogP contribution in [0, 0.1) is 5.82 Å². The first-order chi connectivity index (χ1) is 9.26. The van der Waals surface area contributed by atoms with Gasteiger partial charge in [-0.3, -0.25) is 0 Å². The van der Waals surface area contributed by atoms with Crippen LogP contribution >= 0.6 is 11.8 Å². The van der Waals surface area contributed by atoms with Crippen LogP contribution < -0.4 is 10.5 Å². The Hall–Kier alpha value is -1.52. The lowest BCUT2D eigenvalue weighted by Crippen LogP contribution is -2.02. The molecule has 0 bridgehead atoms. The van der Waals surface area contributed by atoms with Crippen molar-refractivity contribution in [2.45, 2.75) is 17.2 Å². The van der Waals surface area contributed by atoms with Crippen LogP contribution in [0.4, 0.5) is 4.39 Å². The summed E-state index contributed by atoms with van der Waals surface area (Å²) in [5.41, 5.74) is 6.73. The molecule has 0 unspecified atom stereocenters. The summed E-state index contributed by atoms with van der Waals surface area (Å²) in [6.45, 7) is 0.221. The average Bonchev–Trinajstić information content (AvgIpc) is 2.46. The van der Waals surface area contributed by atoms with E-state index in [1.807, 2.05) is 30.3 Å². The number of benzene rings is 2. The monoisotopic (exact) mass is 277 g/mol. The summed E-state index contributed by atoms with van der Waals surface area (Å²) in [6.07, 6.45) is 0. The minimum absolute atomic E-state index is 0.201. The van der Waals surface area contributed by atoms with Gasteiger partial charge in [-0.2, -0.15) is 0 Å². The molecular formula is C15H16FNOS. The van der Waals surface area contributed by atoms with Crippen molar-refractivity contribution in [2.24, 2.45) is 5.73 Å². The van der Waals surface area contributed by atoms with E-state index < -0.39 is 0 Å². The lowest BCUT2D eigenvalue weighted by molar-refractivity contribution is 0.405. The molecule has 0 heterocycles. The molecule has 0 amide bonds. The zero-order valence-electron chi connectivity index (χ0n) is 10.7. The lowest BCUT2D eigenvalue weighted by Gasteiger charge is -2.09. The standard InChI is InChI=1S/C15H16FNOS/c1-18-13-7-2-3-8-14(13)19-10-12-6-4-5-11(9-17)15(12)16/h2-8H,9-10,17H2,1H3. The summed E-state index contributed by atoms with van der Waals surface area (Å²) in [4.78, 5) is 1.00. The van der Waals surface area contributed by atoms with Gasteiger partial charge >= 0.3 is 0 Å². The normalized spacial score (nSPS) is 10.5. The molecule has 100 valence electrons. The van der Waals surface area contributed by atoms with Crippen molar-refractivity contribution in [3.8, 4) is 5.75 Å². The Bertz CT molecular complexity index is 560. The highest BCUT2D eigenvalue weighted by Gasteiger charge is 2.08. The highest BCUT2D eigenvalue weighted by molar-refractivity contribution is 7.98. The van der Waals surface area contributed by atoms with E-state index in [0.717, 1.165) is 10.6 Å². The van der Waals surface area contributed by atoms with Crippen molar-refractivity contribution in [1.82, 2.24) is 0 Å². The van der Waals surface area contributed by atoms with Crippen molar-refractivity contribution >= 4 is 11.8 Å². The Balaban J connectivity index is 2.15. The molecular weight excluding hydrogens is 261 g/mol. The molecule has 0 saturated carbocycles. The van der Waals surface area contributed by atoms with Gasteiger partial charge in [0.05, 0.1) is 7.11 Å². The highest BCUT2D eigenvalue weighted by atomic mass is 32.2. The fourth-order valence-electron chi connectivity index (χ4n) is 1.80. The SMILES string of the molecule is COc1ccccc1SCc1cccc(CN)c1F. The van der Waals surface area contributed by atoms with Crippen LogP contribution in [-0.4, -0.2) is 7.11 Å². The molecule has 2 aromatic carbocycles. The number of hydrogen-bond acceptors (Lipinski definition) is 3. The van der Waals surface area contributed by atoms with Crippen molar-refractivity contribution in [2.75, 3.05) is 7.11 Å². The van der Waals surface area contributed by atoms with E-state index in [1.54, 1.807) is 31.0 Å². The Morgan fingerprint density at radius 2 is 1.84 bits per heavy atom. The van der Waals surface area contributed by atoms with E-state index in [1.165, 1.54) is 0 Å². The molecule has 0 saturated heterocycles. The van der Waals surface area contributed by atoms with Gasteiger partial charge in [0.15, 0.2) is 0 Å². The van der Waals surface area contributed by atoms with Crippen molar-refractivity contribution in [3.05, 3.63) is 59.4 Å². The quantitative estimate of drug-likeness (QED) is 0.848. The molecule has 2 N–H and O–H groups in total. The van der Waals surface area contributed by atoms with Gasteiger partial charge in [-0.05, 0) is 17.7 Å². The Labute approximate surface area is 116 Å². The number of halogens is 1. The smallest absolute Gasteiger partial charge is 0.132 e. The van der Waals surface area contributed by atoms with Crippen molar-refractivity contribution in [1.29, 1.82) is 0 Å². The van der Waals surface area contributed by atoms with Crippen LogP contribution in [0.3, 0.4) is 0 Å². The van der Waals surface area contributed by atoms with Crippen LogP contribution in [0.15, 0.2) is 47.4 Å². The molecule has 19 heavy (non-hydrogen) atoms. The topological polar surface area (TPSA) is 35.2 Å². The third-order valence-corrected chi connectivity index (χ3v) is 3.93. The molecule has 0 atom stereocenters. The first-order valence-corrected chi connectivity index (χ1v) is 6.97. The number of thioether (sulfide) groups is 1. The Morgan fingerprint density at radius 1 is 1.11 bits per heavy atom. The van der Waals surface area contributed by atoms with Crippen LogP contribution in [0.25, 0.3) is 0 Å². The van der Waals surface area contributed by atoms with Gasteiger partial charge in [-0.15, -0.1) is 11.8 Å². The van der Waals surface area contributed by atoms with Gasteiger partial charge in [0.1, 0.15) is 11.6 Å². The van der Waals surface area contributed by atoms with Crippen LogP contribution in [0.1, 0.15) is 11.1 Å². The van der Waals surface area contributed by atoms with E-state index in [4.69, 9.17) is 10.5 Å². The molecule has 0 aliphatic rings. The van der Waals surface area contributed by atoms with E-state index in [2.05, 4.69) is 0 Å². The summed E-state index contributed by atoms with van der Waals surface area (Å²) in [5.74, 6) is 1.16. The molecule has 4 heteroatoms. The second-order valence-corrected chi connectivity index (χ2v) is 5.05.